The molecule has 0 N–H and O–H groups in total. The van der Waals surface area contributed by atoms with Crippen molar-refractivity contribution in [2.45, 2.75) is 11.8 Å². The lowest BCUT2D eigenvalue weighted by molar-refractivity contribution is 0.0526. The Kier molecular flexibility index (Phi) is 4.36. The highest BCUT2D eigenvalue weighted by molar-refractivity contribution is 8.13. The van der Waals surface area contributed by atoms with E-state index in [1.54, 1.807) is 6.92 Å². The lowest BCUT2D eigenvalue weighted by Gasteiger charge is -2.07. The molecule has 17 heavy (non-hydrogen) atoms. The van der Waals surface area contributed by atoms with Crippen molar-refractivity contribution in [1.29, 1.82) is 0 Å². The Labute approximate surface area is 104 Å². The molecule has 94 valence electrons. The van der Waals surface area contributed by atoms with Crippen molar-refractivity contribution in [3.63, 3.8) is 0 Å². The lowest BCUT2D eigenvalue weighted by Crippen LogP contribution is -2.06. The van der Waals surface area contributed by atoms with Crippen molar-refractivity contribution in [3.05, 3.63) is 23.8 Å². The van der Waals surface area contributed by atoms with Gasteiger partial charge in [0.25, 0.3) is 9.05 Å². The molecule has 7 heteroatoms. The van der Waals surface area contributed by atoms with Crippen molar-refractivity contribution in [1.82, 2.24) is 0 Å². The minimum absolute atomic E-state index is 0.0769. The molecule has 0 radical (unpaired) electrons. The van der Waals surface area contributed by atoms with Crippen molar-refractivity contribution >= 4 is 25.7 Å². The summed E-state index contributed by atoms with van der Waals surface area (Å²) in [5.41, 5.74) is 0.104. The summed E-state index contributed by atoms with van der Waals surface area (Å²) in [4.78, 5) is 11.2. The highest BCUT2D eigenvalue weighted by Crippen LogP contribution is 2.27. The Morgan fingerprint density at radius 1 is 1.41 bits per heavy atom. The van der Waals surface area contributed by atoms with Crippen LogP contribution in [0.15, 0.2) is 23.1 Å². The molecule has 0 unspecified atom stereocenters. The van der Waals surface area contributed by atoms with Crippen LogP contribution < -0.4 is 4.74 Å². The van der Waals surface area contributed by atoms with Gasteiger partial charge in [-0.3, -0.25) is 0 Å². The first-order chi connectivity index (χ1) is 7.90. The molecule has 0 aromatic heterocycles. The van der Waals surface area contributed by atoms with E-state index >= 15 is 0 Å². The van der Waals surface area contributed by atoms with E-state index in [0.717, 1.165) is 6.07 Å². The fourth-order valence-electron chi connectivity index (χ4n) is 1.21. The van der Waals surface area contributed by atoms with Gasteiger partial charge in [0, 0.05) is 10.7 Å². The summed E-state index contributed by atoms with van der Waals surface area (Å²) in [5.74, 6) is -0.537. The molecule has 1 aromatic carbocycles. The van der Waals surface area contributed by atoms with E-state index in [4.69, 9.17) is 20.2 Å². The number of halogens is 1. The third-order valence-corrected chi connectivity index (χ3v) is 3.28. The second-order valence-corrected chi connectivity index (χ2v) is 5.56. The molecule has 0 fully saturated rings. The molecule has 0 saturated heterocycles. The summed E-state index contributed by atoms with van der Waals surface area (Å²) in [5, 5.41) is 0. The predicted octanol–water partition coefficient (Wildman–Crippen LogP) is 1.80. The van der Waals surface area contributed by atoms with E-state index in [1.807, 2.05) is 0 Å². The van der Waals surface area contributed by atoms with Crippen LogP contribution in [0.4, 0.5) is 0 Å². The van der Waals surface area contributed by atoms with Gasteiger partial charge in [0.1, 0.15) is 10.6 Å². The van der Waals surface area contributed by atoms with Gasteiger partial charge >= 0.3 is 5.97 Å². The Bertz CT molecular complexity index is 523. The molecule has 0 saturated carbocycles. The number of carbonyl (C=O) groups is 1. The number of rotatable bonds is 4. The van der Waals surface area contributed by atoms with Gasteiger partial charge < -0.3 is 9.47 Å². The number of carbonyl (C=O) groups excluding carboxylic acids is 1. The second kappa shape index (κ2) is 5.37. The summed E-state index contributed by atoms with van der Waals surface area (Å²) >= 11 is 0. The van der Waals surface area contributed by atoms with Gasteiger partial charge in [0.2, 0.25) is 0 Å². The lowest BCUT2D eigenvalue weighted by atomic mass is 10.2. The highest BCUT2D eigenvalue weighted by atomic mass is 35.7. The van der Waals surface area contributed by atoms with E-state index < -0.39 is 15.0 Å². The van der Waals surface area contributed by atoms with E-state index in [1.165, 1.54) is 19.2 Å². The quantitative estimate of drug-likeness (QED) is 0.620. The first kappa shape index (κ1) is 13.8. The molecular formula is C10H11ClO5S. The van der Waals surface area contributed by atoms with Gasteiger partial charge in [-0.25, -0.2) is 13.2 Å². The zero-order valence-corrected chi connectivity index (χ0v) is 10.8. The Balaban J connectivity index is 3.28. The molecule has 0 spiro atoms. The fraction of sp³-hybridized carbons (Fsp3) is 0.300. The molecule has 0 bridgehead atoms. The zero-order chi connectivity index (χ0) is 13.1. The van der Waals surface area contributed by atoms with Gasteiger partial charge in [-0.2, -0.15) is 0 Å². The van der Waals surface area contributed by atoms with E-state index in [-0.39, 0.29) is 22.8 Å². The zero-order valence-electron chi connectivity index (χ0n) is 9.27. The van der Waals surface area contributed by atoms with Crippen LogP contribution in [0.2, 0.25) is 0 Å². The second-order valence-electron chi connectivity index (χ2n) is 3.02. The monoisotopic (exact) mass is 278 g/mol. The maximum absolute atomic E-state index is 11.4. The van der Waals surface area contributed by atoms with Gasteiger partial charge in [0.05, 0.1) is 19.3 Å². The summed E-state index contributed by atoms with van der Waals surface area (Å²) in [6.07, 6.45) is 0. The average molecular weight is 279 g/mol. The largest absolute Gasteiger partial charge is 0.495 e. The number of hydrogen-bond donors (Lipinski definition) is 0. The maximum Gasteiger partial charge on any atom is 0.338 e. The third kappa shape index (κ3) is 3.34. The topological polar surface area (TPSA) is 69.7 Å². The summed E-state index contributed by atoms with van der Waals surface area (Å²) < 4.78 is 32.2. The van der Waals surface area contributed by atoms with Gasteiger partial charge in [-0.15, -0.1) is 0 Å². The van der Waals surface area contributed by atoms with E-state index in [2.05, 4.69) is 0 Å². The standard InChI is InChI=1S/C10H11ClO5S/c1-3-16-10(12)7-4-5-8(15-2)9(6-7)17(11,13)14/h4-6H,3H2,1-2H3. The fourth-order valence-corrected chi connectivity index (χ4v) is 2.23. The molecule has 0 aliphatic carbocycles. The van der Waals surface area contributed by atoms with Crippen molar-refractivity contribution in [2.24, 2.45) is 0 Å². The molecule has 0 amide bonds. The normalized spacial score (nSPS) is 11.0. The van der Waals surface area contributed by atoms with Gasteiger partial charge in [-0.05, 0) is 25.1 Å². The summed E-state index contributed by atoms with van der Waals surface area (Å²) in [6, 6.07) is 3.88. The molecule has 5 nitrogen and oxygen atoms in total. The number of esters is 1. The molecule has 1 rings (SSSR count). The van der Waals surface area contributed by atoms with Crippen LogP contribution in [0.1, 0.15) is 17.3 Å². The number of benzene rings is 1. The Morgan fingerprint density at radius 2 is 2.06 bits per heavy atom. The van der Waals surface area contributed by atoms with Crippen LogP contribution in [0.25, 0.3) is 0 Å². The van der Waals surface area contributed by atoms with Crippen LogP contribution in [0, 0.1) is 0 Å². The number of methoxy groups -OCH3 is 1. The van der Waals surface area contributed by atoms with Crippen molar-refractivity contribution in [2.75, 3.05) is 13.7 Å². The van der Waals surface area contributed by atoms with Crippen LogP contribution in [-0.2, 0) is 13.8 Å². The molecule has 1 aromatic rings. The number of ether oxygens (including phenoxy) is 2. The van der Waals surface area contributed by atoms with Crippen molar-refractivity contribution < 1.29 is 22.7 Å². The van der Waals surface area contributed by atoms with Crippen LogP contribution in [-0.4, -0.2) is 28.1 Å². The Hall–Kier alpha value is -1.27. The number of hydrogen-bond acceptors (Lipinski definition) is 5. The van der Waals surface area contributed by atoms with Crippen molar-refractivity contribution in [3.8, 4) is 5.75 Å². The maximum atomic E-state index is 11.4. The first-order valence-corrected chi connectivity index (χ1v) is 7.01. The molecule has 0 aliphatic heterocycles. The van der Waals surface area contributed by atoms with Gasteiger partial charge in [0.15, 0.2) is 0 Å². The minimum atomic E-state index is -3.98. The van der Waals surface area contributed by atoms with E-state index in [9.17, 15) is 13.2 Å². The summed E-state index contributed by atoms with van der Waals surface area (Å²) in [7, 11) is 2.57. The van der Waals surface area contributed by atoms with Crippen LogP contribution in [0.5, 0.6) is 5.75 Å². The average Bonchev–Trinajstić information content (AvgIpc) is 2.27. The third-order valence-electron chi connectivity index (χ3n) is 1.94. The van der Waals surface area contributed by atoms with Gasteiger partial charge in [-0.1, -0.05) is 0 Å². The molecular weight excluding hydrogens is 268 g/mol. The SMILES string of the molecule is CCOC(=O)c1ccc(OC)c(S(=O)(=O)Cl)c1. The predicted molar refractivity (Wildman–Crippen MR) is 62.0 cm³/mol. The smallest absolute Gasteiger partial charge is 0.338 e. The van der Waals surface area contributed by atoms with Crippen LogP contribution in [0.3, 0.4) is 0 Å². The molecule has 0 aliphatic rings. The Morgan fingerprint density at radius 3 is 2.53 bits per heavy atom. The van der Waals surface area contributed by atoms with E-state index in [0.29, 0.717) is 0 Å². The minimum Gasteiger partial charge on any atom is -0.495 e. The van der Waals surface area contributed by atoms with Crippen LogP contribution >= 0.6 is 10.7 Å². The summed E-state index contributed by atoms with van der Waals surface area (Å²) in [6.45, 7) is 1.86. The first-order valence-electron chi connectivity index (χ1n) is 4.70. The molecule has 0 atom stereocenters. The molecule has 0 heterocycles. The highest BCUT2D eigenvalue weighted by Gasteiger charge is 2.19.